The molecule has 0 spiro atoms. The Balaban J connectivity index is 2.27. The number of hydrogen-bond acceptors (Lipinski definition) is 1. The minimum Gasteiger partial charge on any atom is -0.143 e. The summed E-state index contributed by atoms with van der Waals surface area (Å²) < 4.78 is 0. The molecule has 2 atom stereocenters. The lowest BCUT2D eigenvalue weighted by Crippen LogP contribution is -1.99. The van der Waals surface area contributed by atoms with Crippen LogP contribution in [-0.4, -0.2) is 0 Å². The van der Waals surface area contributed by atoms with Crippen molar-refractivity contribution in [1.82, 2.24) is 0 Å². The molecular formula is C14H20S. The van der Waals surface area contributed by atoms with E-state index < -0.39 is 0 Å². The standard InChI is InChI=1S/C14H20S/c1-3-11-9-13(15)6-7-14(11)12-5-4-10(2)8-12/h6-7,9-10,12,15H,3-5,8H2,1-2H3. The van der Waals surface area contributed by atoms with Gasteiger partial charge in [-0.25, -0.2) is 0 Å². The second-order valence-corrected chi connectivity index (χ2v) is 5.37. The van der Waals surface area contributed by atoms with Crippen molar-refractivity contribution in [3.63, 3.8) is 0 Å². The summed E-state index contributed by atoms with van der Waals surface area (Å²) in [6.07, 6.45) is 5.28. The fourth-order valence-corrected chi connectivity index (χ4v) is 3.02. The summed E-state index contributed by atoms with van der Waals surface area (Å²) in [5, 5.41) is 0. The number of rotatable bonds is 2. The molecular weight excluding hydrogens is 200 g/mol. The monoisotopic (exact) mass is 220 g/mol. The van der Waals surface area contributed by atoms with E-state index >= 15 is 0 Å². The normalized spacial score (nSPS) is 25.8. The highest BCUT2D eigenvalue weighted by molar-refractivity contribution is 7.80. The summed E-state index contributed by atoms with van der Waals surface area (Å²) in [6.45, 7) is 4.61. The second kappa shape index (κ2) is 4.61. The molecule has 1 aromatic carbocycles. The Labute approximate surface area is 98.5 Å². The Hall–Kier alpha value is -0.430. The molecule has 0 saturated heterocycles. The van der Waals surface area contributed by atoms with Gasteiger partial charge in [-0.15, -0.1) is 12.6 Å². The van der Waals surface area contributed by atoms with Crippen LogP contribution in [0.2, 0.25) is 0 Å². The molecule has 2 rings (SSSR count). The molecule has 1 aliphatic rings. The van der Waals surface area contributed by atoms with Gasteiger partial charge < -0.3 is 0 Å². The van der Waals surface area contributed by atoms with Crippen molar-refractivity contribution in [2.75, 3.05) is 0 Å². The predicted octanol–water partition coefficient (Wildman–Crippen LogP) is 4.44. The molecule has 0 N–H and O–H groups in total. The first-order chi connectivity index (χ1) is 7.20. The van der Waals surface area contributed by atoms with Crippen LogP contribution < -0.4 is 0 Å². The van der Waals surface area contributed by atoms with Crippen LogP contribution in [0.25, 0.3) is 0 Å². The van der Waals surface area contributed by atoms with Crippen LogP contribution in [0.15, 0.2) is 23.1 Å². The Morgan fingerprint density at radius 1 is 1.33 bits per heavy atom. The fourth-order valence-electron chi connectivity index (χ4n) is 2.79. The zero-order valence-electron chi connectivity index (χ0n) is 9.66. The molecule has 0 bridgehead atoms. The number of benzene rings is 1. The molecule has 0 aliphatic heterocycles. The lowest BCUT2D eigenvalue weighted by molar-refractivity contribution is 0.595. The summed E-state index contributed by atoms with van der Waals surface area (Å²) in [5.41, 5.74) is 3.08. The smallest absolute Gasteiger partial charge is 0.00429 e. The summed E-state index contributed by atoms with van der Waals surface area (Å²) in [5.74, 6) is 1.72. The first kappa shape index (κ1) is 11.1. The average molecular weight is 220 g/mol. The van der Waals surface area contributed by atoms with Gasteiger partial charge in [0.25, 0.3) is 0 Å². The van der Waals surface area contributed by atoms with Crippen molar-refractivity contribution in [2.24, 2.45) is 5.92 Å². The molecule has 82 valence electrons. The molecule has 1 saturated carbocycles. The largest absolute Gasteiger partial charge is 0.143 e. The zero-order valence-corrected chi connectivity index (χ0v) is 10.6. The lowest BCUT2D eigenvalue weighted by Gasteiger charge is -2.15. The third-order valence-corrected chi connectivity index (χ3v) is 3.92. The third-order valence-electron chi connectivity index (χ3n) is 3.64. The van der Waals surface area contributed by atoms with Gasteiger partial charge in [0, 0.05) is 4.90 Å². The second-order valence-electron chi connectivity index (χ2n) is 4.85. The molecule has 0 amide bonds. The molecule has 0 heterocycles. The summed E-state index contributed by atoms with van der Waals surface area (Å²) >= 11 is 4.42. The number of thiol groups is 1. The molecule has 1 aromatic rings. The Morgan fingerprint density at radius 3 is 2.73 bits per heavy atom. The topological polar surface area (TPSA) is 0 Å². The number of aryl methyl sites for hydroxylation is 1. The van der Waals surface area contributed by atoms with Crippen molar-refractivity contribution in [2.45, 2.75) is 50.3 Å². The van der Waals surface area contributed by atoms with E-state index in [4.69, 9.17) is 0 Å². The van der Waals surface area contributed by atoms with Gasteiger partial charge in [-0.2, -0.15) is 0 Å². The highest BCUT2D eigenvalue weighted by atomic mass is 32.1. The molecule has 1 heteroatoms. The van der Waals surface area contributed by atoms with Gasteiger partial charge in [0.15, 0.2) is 0 Å². The van der Waals surface area contributed by atoms with Gasteiger partial charge in [0.1, 0.15) is 0 Å². The first-order valence-electron chi connectivity index (χ1n) is 6.02. The summed E-state index contributed by atoms with van der Waals surface area (Å²) in [4.78, 5) is 1.10. The maximum absolute atomic E-state index is 4.42. The minimum atomic E-state index is 0.809. The molecule has 1 fully saturated rings. The first-order valence-corrected chi connectivity index (χ1v) is 6.47. The van der Waals surface area contributed by atoms with E-state index in [9.17, 15) is 0 Å². The highest BCUT2D eigenvalue weighted by Crippen LogP contribution is 2.39. The third kappa shape index (κ3) is 2.39. The van der Waals surface area contributed by atoms with E-state index in [0.29, 0.717) is 0 Å². The van der Waals surface area contributed by atoms with Crippen LogP contribution in [0.4, 0.5) is 0 Å². The molecule has 1 aliphatic carbocycles. The van der Waals surface area contributed by atoms with Gasteiger partial charge in [0.2, 0.25) is 0 Å². The predicted molar refractivity (Wildman–Crippen MR) is 68.8 cm³/mol. The molecule has 2 unspecified atom stereocenters. The maximum atomic E-state index is 4.42. The Morgan fingerprint density at radius 2 is 2.13 bits per heavy atom. The lowest BCUT2D eigenvalue weighted by atomic mass is 9.91. The highest BCUT2D eigenvalue weighted by Gasteiger charge is 2.24. The van der Waals surface area contributed by atoms with E-state index in [1.54, 1.807) is 5.56 Å². The van der Waals surface area contributed by atoms with E-state index in [1.807, 2.05) is 0 Å². The van der Waals surface area contributed by atoms with Crippen molar-refractivity contribution in [1.29, 1.82) is 0 Å². The maximum Gasteiger partial charge on any atom is 0.00429 e. The van der Waals surface area contributed by atoms with Gasteiger partial charge >= 0.3 is 0 Å². The Bertz CT molecular complexity index is 343. The van der Waals surface area contributed by atoms with Crippen LogP contribution >= 0.6 is 12.6 Å². The van der Waals surface area contributed by atoms with Crippen molar-refractivity contribution in [3.05, 3.63) is 29.3 Å². The van der Waals surface area contributed by atoms with Crippen LogP contribution in [0.3, 0.4) is 0 Å². The SMILES string of the molecule is CCc1cc(S)ccc1C1CCC(C)C1. The minimum absolute atomic E-state index is 0.809. The van der Waals surface area contributed by atoms with Crippen molar-refractivity contribution in [3.8, 4) is 0 Å². The molecule has 0 radical (unpaired) electrons. The van der Waals surface area contributed by atoms with E-state index in [2.05, 4.69) is 44.7 Å². The molecule has 0 aromatic heterocycles. The van der Waals surface area contributed by atoms with Crippen LogP contribution in [0.5, 0.6) is 0 Å². The quantitative estimate of drug-likeness (QED) is 0.700. The summed E-state index contributed by atoms with van der Waals surface area (Å²) in [6, 6.07) is 6.67. The van der Waals surface area contributed by atoms with E-state index in [1.165, 1.54) is 24.8 Å². The summed E-state index contributed by atoms with van der Waals surface area (Å²) in [7, 11) is 0. The van der Waals surface area contributed by atoms with Crippen LogP contribution in [0, 0.1) is 5.92 Å². The zero-order chi connectivity index (χ0) is 10.8. The van der Waals surface area contributed by atoms with Crippen molar-refractivity contribution >= 4 is 12.6 Å². The molecule has 0 nitrogen and oxygen atoms in total. The van der Waals surface area contributed by atoms with Gasteiger partial charge in [0.05, 0.1) is 0 Å². The van der Waals surface area contributed by atoms with Crippen LogP contribution in [0.1, 0.15) is 50.2 Å². The van der Waals surface area contributed by atoms with Gasteiger partial charge in [-0.05, 0) is 54.4 Å². The van der Waals surface area contributed by atoms with E-state index in [0.717, 1.165) is 23.2 Å². The van der Waals surface area contributed by atoms with Crippen LogP contribution in [-0.2, 0) is 6.42 Å². The average Bonchev–Trinajstić information content (AvgIpc) is 2.64. The number of hydrogen-bond donors (Lipinski definition) is 1. The molecule has 15 heavy (non-hydrogen) atoms. The van der Waals surface area contributed by atoms with Gasteiger partial charge in [-0.1, -0.05) is 26.3 Å². The van der Waals surface area contributed by atoms with E-state index in [-0.39, 0.29) is 0 Å². The van der Waals surface area contributed by atoms with Gasteiger partial charge in [-0.3, -0.25) is 0 Å². The Kier molecular flexibility index (Phi) is 3.40. The fraction of sp³-hybridized carbons (Fsp3) is 0.571. The van der Waals surface area contributed by atoms with Crippen molar-refractivity contribution < 1.29 is 0 Å².